The lowest BCUT2D eigenvalue weighted by Gasteiger charge is -2.08. The standard InChI is InChI=1S/C18H15NO3/c20-17(22-12-14-6-2-1-3-7-14)13-21-16-10-4-8-15-9-5-11-19-18(15)16/h1-11H,12-13H2. The highest BCUT2D eigenvalue weighted by Crippen LogP contribution is 2.22. The molecule has 4 nitrogen and oxygen atoms in total. The number of carbonyl (C=O) groups is 1. The Morgan fingerprint density at radius 3 is 2.64 bits per heavy atom. The van der Waals surface area contributed by atoms with Crippen molar-refractivity contribution in [3.63, 3.8) is 0 Å². The zero-order chi connectivity index (χ0) is 15.2. The first kappa shape index (κ1) is 14.1. The summed E-state index contributed by atoms with van der Waals surface area (Å²) in [7, 11) is 0. The second kappa shape index (κ2) is 6.72. The van der Waals surface area contributed by atoms with E-state index in [-0.39, 0.29) is 13.2 Å². The Morgan fingerprint density at radius 2 is 1.77 bits per heavy atom. The van der Waals surface area contributed by atoms with Gasteiger partial charge in [0.1, 0.15) is 17.9 Å². The number of pyridine rings is 1. The molecule has 110 valence electrons. The van der Waals surface area contributed by atoms with Crippen molar-refractivity contribution in [2.24, 2.45) is 0 Å². The summed E-state index contributed by atoms with van der Waals surface area (Å²) in [5.74, 6) is 0.173. The number of para-hydroxylation sites is 1. The van der Waals surface area contributed by atoms with Gasteiger partial charge in [-0.05, 0) is 17.7 Å². The predicted molar refractivity (Wildman–Crippen MR) is 83.5 cm³/mol. The summed E-state index contributed by atoms with van der Waals surface area (Å²) in [5, 5.41) is 0.970. The zero-order valence-electron chi connectivity index (χ0n) is 11.9. The van der Waals surface area contributed by atoms with Gasteiger partial charge in [-0.2, -0.15) is 0 Å². The highest BCUT2D eigenvalue weighted by molar-refractivity contribution is 5.84. The van der Waals surface area contributed by atoms with Gasteiger partial charge in [0.25, 0.3) is 0 Å². The maximum Gasteiger partial charge on any atom is 0.344 e. The molecule has 0 fully saturated rings. The molecule has 1 aromatic heterocycles. The zero-order valence-corrected chi connectivity index (χ0v) is 11.9. The summed E-state index contributed by atoms with van der Waals surface area (Å²) in [6.07, 6.45) is 1.70. The maximum atomic E-state index is 11.8. The number of benzene rings is 2. The van der Waals surface area contributed by atoms with E-state index in [1.54, 1.807) is 12.3 Å². The van der Waals surface area contributed by atoms with E-state index in [1.165, 1.54) is 0 Å². The van der Waals surface area contributed by atoms with Gasteiger partial charge in [0, 0.05) is 11.6 Å². The molecule has 0 atom stereocenters. The van der Waals surface area contributed by atoms with Crippen molar-refractivity contribution in [1.82, 2.24) is 4.98 Å². The summed E-state index contributed by atoms with van der Waals surface area (Å²) >= 11 is 0. The van der Waals surface area contributed by atoms with Crippen LogP contribution in [0, 0.1) is 0 Å². The van der Waals surface area contributed by atoms with E-state index < -0.39 is 5.97 Å². The Hall–Kier alpha value is -2.88. The molecular weight excluding hydrogens is 278 g/mol. The molecule has 0 aliphatic rings. The minimum Gasteiger partial charge on any atom is -0.480 e. The molecule has 0 aliphatic carbocycles. The highest BCUT2D eigenvalue weighted by atomic mass is 16.6. The topological polar surface area (TPSA) is 48.4 Å². The van der Waals surface area contributed by atoms with Crippen LogP contribution in [0.2, 0.25) is 0 Å². The summed E-state index contributed by atoms with van der Waals surface area (Å²) < 4.78 is 10.7. The second-order valence-electron chi connectivity index (χ2n) is 4.77. The average molecular weight is 293 g/mol. The van der Waals surface area contributed by atoms with Crippen LogP contribution in [0.5, 0.6) is 5.75 Å². The Morgan fingerprint density at radius 1 is 0.955 bits per heavy atom. The molecule has 0 unspecified atom stereocenters. The van der Waals surface area contributed by atoms with Gasteiger partial charge in [-0.3, -0.25) is 4.98 Å². The molecule has 0 saturated carbocycles. The average Bonchev–Trinajstić information content (AvgIpc) is 2.59. The molecular formula is C18H15NO3. The molecule has 3 aromatic rings. The van der Waals surface area contributed by atoms with Crippen LogP contribution >= 0.6 is 0 Å². The fraction of sp³-hybridized carbons (Fsp3) is 0.111. The lowest BCUT2D eigenvalue weighted by molar-refractivity contribution is -0.147. The van der Waals surface area contributed by atoms with Gasteiger partial charge in [-0.15, -0.1) is 0 Å². The van der Waals surface area contributed by atoms with Crippen molar-refractivity contribution >= 4 is 16.9 Å². The molecule has 0 amide bonds. The summed E-state index contributed by atoms with van der Waals surface area (Å²) in [5.41, 5.74) is 1.68. The lowest BCUT2D eigenvalue weighted by atomic mass is 10.2. The van der Waals surface area contributed by atoms with E-state index >= 15 is 0 Å². The largest absolute Gasteiger partial charge is 0.480 e. The summed E-state index contributed by atoms with van der Waals surface area (Å²) in [6.45, 7) is 0.110. The van der Waals surface area contributed by atoms with Gasteiger partial charge < -0.3 is 9.47 Å². The van der Waals surface area contributed by atoms with Crippen molar-refractivity contribution in [3.05, 3.63) is 72.4 Å². The van der Waals surface area contributed by atoms with Crippen LogP contribution in [0.1, 0.15) is 5.56 Å². The van der Waals surface area contributed by atoms with Crippen molar-refractivity contribution in [2.75, 3.05) is 6.61 Å². The fourth-order valence-electron chi connectivity index (χ4n) is 2.11. The van der Waals surface area contributed by atoms with Gasteiger partial charge in [-0.1, -0.05) is 48.5 Å². The summed E-state index contributed by atoms with van der Waals surface area (Å²) in [4.78, 5) is 16.0. The van der Waals surface area contributed by atoms with Gasteiger partial charge >= 0.3 is 5.97 Å². The minimum absolute atomic E-state index is 0.136. The SMILES string of the molecule is O=C(COc1cccc2cccnc12)OCc1ccccc1. The number of aromatic nitrogens is 1. The highest BCUT2D eigenvalue weighted by Gasteiger charge is 2.07. The molecule has 2 aromatic carbocycles. The number of hydrogen-bond donors (Lipinski definition) is 0. The maximum absolute atomic E-state index is 11.8. The van der Waals surface area contributed by atoms with Crippen LogP contribution in [0.3, 0.4) is 0 Å². The van der Waals surface area contributed by atoms with Crippen LogP contribution in [0.4, 0.5) is 0 Å². The third-order valence-electron chi connectivity index (χ3n) is 3.18. The van der Waals surface area contributed by atoms with Crippen LogP contribution < -0.4 is 4.74 Å². The van der Waals surface area contributed by atoms with Crippen LogP contribution in [-0.4, -0.2) is 17.6 Å². The van der Waals surface area contributed by atoms with Crippen LogP contribution in [-0.2, 0) is 16.1 Å². The fourth-order valence-corrected chi connectivity index (χ4v) is 2.11. The molecule has 0 spiro atoms. The molecule has 0 N–H and O–H groups in total. The van der Waals surface area contributed by atoms with Crippen molar-refractivity contribution in [3.8, 4) is 5.75 Å². The number of rotatable bonds is 5. The minimum atomic E-state index is -0.406. The third kappa shape index (κ3) is 3.41. The van der Waals surface area contributed by atoms with Gasteiger partial charge in [0.05, 0.1) is 0 Å². The molecule has 3 rings (SSSR count). The van der Waals surface area contributed by atoms with Crippen molar-refractivity contribution < 1.29 is 14.3 Å². The molecule has 4 heteroatoms. The summed E-state index contributed by atoms with van der Waals surface area (Å²) in [6, 6.07) is 19.0. The molecule has 0 saturated heterocycles. The van der Waals surface area contributed by atoms with Crippen LogP contribution in [0.15, 0.2) is 66.9 Å². The van der Waals surface area contributed by atoms with E-state index in [4.69, 9.17) is 9.47 Å². The Labute approximate surface area is 128 Å². The first-order valence-electron chi connectivity index (χ1n) is 6.99. The van der Waals surface area contributed by atoms with Crippen molar-refractivity contribution in [2.45, 2.75) is 6.61 Å². The first-order valence-corrected chi connectivity index (χ1v) is 6.99. The van der Waals surface area contributed by atoms with E-state index in [1.807, 2.05) is 54.6 Å². The van der Waals surface area contributed by atoms with Gasteiger partial charge in [-0.25, -0.2) is 4.79 Å². The van der Waals surface area contributed by atoms with E-state index in [0.717, 1.165) is 16.5 Å². The number of esters is 1. The number of fused-ring (bicyclic) bond motifs is 1. The first-order chi connectivity index (χ1) is 10.8. The smallest absolute Gasteiger partial charge is 0.344 e. The van der Waals surface area contributed by atoms with E-state index in [0.29, 0.717) is 5.75 Å². The molecule has 0 aliphatic heterocycles. The number of carbonyl (C=O) groups excluding carboxylic acids is 1. The lowest BCUT2D eigenvalue weighted by Crippen LogP contribution is -2.15. The Kier molecular flexibility index (Phi) is 4.30. The van der Waals surface area contributed by atoms with Crippen LogP contribution in [0.25, 0.3) is 10.9 Å². The number of nitrogens with zero attached hydrogens (tertiary/aromatic N) is 1. The van der Waals surface area contributed by atoms with E-state index in [9.17, 15) is 4.79 Å². The second-order valence-corrected chi connectivity index (χ2v) is 4.77. The molecule has 0 bridgehead atoms. The van der Waals surface area contributed by atoms with Gasteiger partial charge in [0.15, 0.2) is 6.61 Å². The molecule has 22 heavy (non-hydrogen) atoms. The van der Waals surface area contributed by atoms with E-state index in [2.05, 4.69) is 4.98 Å². The van der Waals surface area contributed by atoms with Gasteiger partial charge in [0.2, 0.25) is 0 Å². The number of ether oxygens (including phenoxy) is 2. The normalized spacial score (nSPS) is 10.4. The quantitative estimate of drug-likeness (QED) is 0.677. The Bertz CT molecular complexity index is 766. The van der Waals surface area contributed by atoms with Crippen molar-refractivity contribution in [1.29, 1.82) is 0 Å². The Balaban J connectivity index is 1.58. The molecule has 1 heterocycles. The predicted octanol–water partition coefficient (Wildman–Crippen LogP) is 3.36. The monoisotopic (exact) mass is 293 g/mol. The molecule has 0 radical (unpaired) electrons. The third-order valence-corrected chi connectivity index (χ3v) is 3.18. The number of hydrogen-bond acceptors (Lipinski definition) is 4.